The lowest BCUT2D eigenvalue weighted by atomic mass is 10.1. The minimum atomic E-state index is -1.06. The van der Waals surface area contributed by atoms with Gasteiger partial charge in [-0.2, -0.15) is 0 Å². The van der Waals surface area contributed by atoms with E-state index in [1.165, 1.54) is 27.7 Å². The molecule has 0 heterocycles. The number of carboxylic acid groups (broad SMARTS) is 1. The monoisotopic (exact) mass is 216 g/mol. The van der Waals surface area contributed by atoms with E-state index in [4.69, 9.17) is 5.11 Å². The van der Waals surface area contributed by atoms with E-state index in [1.807, 2.05) is 0 Å². The predicted octanol–water partition coefficient (Wildman–Crippen LogP) is 0.851. The molecule has 86 valence electrons. The van der Waals surface area contributed by atoms with E-state index < -0.39 is 11.9 Å². The zero-order chi connectivity index (χ0) is 12.6. The third-order valence-electron chi connectivity index (χ3n) is 1.48. The lowest BCUT2D eigenvalue weighted by Gasteiger charge is -1.96. The Morgan fingerprint density at radius 3 is 1.33 bits per heavy atom. The van der Waals surface area contributed by atoms with Crippen LogP contribution in [0.2, 0.25) is 0 Å². The van der Waals surface area contributed by atoms with E-state index >= 15 is 0 Å². The first-order chi connectivity index (χ1) is 6.68. The van der Waals surface area contributed by atoms with Crippen LogP contribution in [0.5, 0.6) is 0 Å². The first-order valence-corrected chi connectivity index (χ1v) is 4.40. The molecule has 0 saturated carbocycles. The maximum absolute atomic E-state index is 10.2. The van der Waals surface area contributed by atoms with Crippen molar-refractivity contribution in [2.24, 2.45) is 5.92 Å². The van der Waals surface area contributed by atoms with Crippen LogP contribution in [0.3, 0.4) is 0 Å². The fraction of sp³-hybridized carbons (Fsp3) is 0.600. The third kappa shape index (κ3) is 12.5. The average Bonchev–Trinajstić information content (AvgIpc) is 2.00. The highest BCUT2D eigenvalue weighted by molar-refractivity contribution is 5.96. The van der Waals surface area contributed by atoms with Crippen LogP contribution in [-0.2, 0) is 19.2 Å². The molecular weight excluding hydrogens is 200 g/mol. The first kappa shape index (κ1) is 15.9. The molecule has 0 aliphatic heterocycles. The minimum absolute atomic E-state index is 0.0625. The summed E-state index contributed by atoms with van der Waals surface area (Å²) in [7, 11) is 0. The molecule has 5 nitrogen and oxygen atoms in total. The lowest BCUT2D eigenvalue weighted by Crippen LogP contribution is -2.16. The molecule has 0 aromatic rings. The topological polar surface area (TPSA) is 88.5 Å². The summed E-state index contributed by atoms with van der Waals surface area (Å²) in [6, 6.07) is 0. The first-order valence-electron chi connectivity index (χ1n) is 4.40. The van der Waals surface area contributed by atoms with Crippen LogP contribution in [0.25, 0.3) is 0 Å². The van der Waals surface area contributed by atoms with Gasteiger partial charge in [0.05, 0.1) is 6.42 Å². The van der Waals surface area contributed by atoms with E-state index in [0.29, 0.717) is 0 Å². The van der Waals surface area contributed by atoms with Crippen molar-refractivity contribution < 1.29 is 24.3 Å². The van der Waals surface area contributed by atoms with Gasteiger partial charge in [-0.3, -0.25) is 19.2 Å². The van der Waals surface area contributed by atoms with Gasteiger partial charge in [0.25, 0.3) is 0 Å². The maximum Gasteiger partial charge on any atom is 0.313 e. The smallest absolute Gasteiger partial charge is 0.313 e. The molecule has 5 heteroatoms. The van der Waals surface area contributed by atoms with E-state index in [2.05, 4.69) is 0 Å². The van der Waals surface area contributed by atoms with Gasteiger partial charge < -0.3 is 5.11 Å². The van der Waals surface area contributed by atoms with Crippen molar-refractivity contribution in [3.05, 3.63) is 0 Å². The molecule has 1 unspecified atom stereocenters. The lowest BCUT2D eigenvalue weighted by molar-refractivity contribution is -0.145. The van der Waals surface area contributed by atoms with Gasteiger partial charge in [-0.1, -0.05) is 0 Å². The number of carbonyl (C=O) groups excluding carboxylic acids is 3. The standard InChI is InChI=1S/C5H8O3.C5H8O2/c1-3(4(2)6)5(7)8;1-4(6)3-5(2)7/h3H,1-2H3,(H,7,8);3H2,1-2H3. The van der Waals surface area contributed by atoms with Gasteiger partial charge in [0.1, 0.15) is 23.3 Å². The Labute approximate surface area is 88.5 Å². The zero-order valence-corrected chi connectivity index (χ0v) is 9.36. The van der Waals surface area contributed by atoms with Crippen LogP contribution >= 0.6 is 0 Å². The number of rotatable bonds is 4. The second kappa shape index (κ2) is 7.84. The van der Waals surface area contributed by atoms with Crippen LogP contribution < -0.4 is 0 Å². The maximum atomic E-state index is 10.2. The highest BCUT2D eigenvalue weighted by atomic mass is 16.4. The molecule has 0 saturated heterocycles. The largest absolute Gasteiger partial charge is 0.481 e. The van der Waals surface area contributed by atoms with Crippen molar-refractivity contribution in [3.8, 4) is 0 Å². The van der Waals surface area contributed by atoms with Crippen LogP contribution in [0.15, 0.2) is 0 Å². The average molecular weight is 216 g/mol. The van der Waals surface area contributed by atoms with Crippen molar-refractivity contribution in [1.29, 1.82) is 0 Å². The second-order valence-corrected chi connectivity index (χ2v) is 3.25. The Hall–Kier alpha value is -1.52. The van der Waals surface area contributed by atoms with Gasteiger partial charge in [0.15, 0.2) is 0 Å². The van der Waals surface area contributed by atoms with Crippen molar-refractivity contribution in [1.82, 2.24) is 0 Å². The summed E-state index contributed by atoms with van der Waals surface area (Å²) in [4.78, 5) is 40.2. The molecule has 0 amide bonds. The second-order valence-electron chi connectivity index (χ2n) is 3.25. The van der Waals surface area contributed by atoms with E-state index in [1.54, 1.807) is 0 Å². The molecule has 15 heavy (non-hydrogen) atoms. The third-order valence-corrected chi connectivity index (χ3v) is 1.48. The molecule has 0 bridgehead atoms. The van der Waals surface area contributed by atoms with Gasteiger partial charge in [0.2, 0.25) is 0 Å². The number of aliphatic carboxylic acids is 1. The SMILES string of the molecule is CC(=O)C(C)C(=O)O.CC(=O)CC(C)=O. The molecule has 0 spiro atoms. The summed E-state index contributed by atoms with van der Waals surface area (Å²) in [5.41, 5.74) is 0. The molecular formula is C10H16O5. The molecule has 1 atom stereocenters. The Morgan fingerprint density at radius 2 is 1.33 bits per heavy atom. The minimum Gasteiger partial charge on any atom is -0.481 e. The predicted molar refractivity (Wildman–Crippen MR) is 53.5 cm³/mol. The van der Waals surface area contributed by atoms with E-state index in [0.717, 1.165) is 0 Å². The number of hydrogen-bond acceptors (Lipinski definition) is 4. The molecule has 0 fully saturated rings. The Kier molecular flexibility index (Phi) is 8.33. The van der Waals surface area contributed by atoms with Crippen LogP contribution in [0, 0.1) is 5.92 Å². The van der Waals surface area contributed by atoms with Crippen molar-refractivity contribution in [3.63, 3.8) is 0 Å². The zero-order valence-electron chi connectivity index (χ0n) is 9.36. The molecule has 0 aliphatic rings. The van der Waals surface area contributed by atoms with Crippen molar-refractivity contribution in [2.45, 2.75) is 34.1 Å². The summed E-state index contributed by atoms with van der Waals surface area (Å²) >= 11 is 0. The molecule has 0 rings (SSSR count). The molecule has 0 aromatic carbocycles. The summed E-state index contributed by atoms with van der Waals surface area (Å²) in [6.45, 7) is 5.44. The van der Waals surface area contributed by atoms with E-state index in [9.17, 15) is 19.2 Å². The summed E-state index contributed by atoms with van der Waals surface area (Å²) in [5.74, 6) is -2.34. The fourth-order valence-corrected chi connectivity index (χ4v) is 0.524. The molecule has 0 radical (unpaired) electrons. The molecule has 0 aliphatic carbocycles. The highest BCUT2D eigenvalue weighted by Crippen LogP contribution is 1.93. The van der Waals surface area contributed by atoms with Gasteiger partial charge in [0, 0.05) is 0 Å². The Balaban J connectivity index is 0. The number of ketones is 3. The summed E-state index contributed by atoms with van der Waals surface area (Å²) in [6.07, 6.45) is 0.0833. The molecule has 0 aromatic heterocycles. The number of hydrogen-bond donors (Lipinski definition) is 1. The summed E-state index contributed by atoms with van der Waals surface area (Å²) in [5, 5.41) is 8.13. The number of carboxylic acids is 1. The van der Waals surface area contributed by atoms with E-state index in [-0.39, 0.29) is 23.8 Å². The highest BCUT2D eigenvalue weighted by Gasteiger charge is 2.14. The Morgan fingerprint density at radius 1 is 1.00 bits per heavy atom. The van der Waals surface area contributed by atoms with Crippen LogP contribution in [0.4, 0.5) is 0 Å². The number of Topliss-reactive ketones (excluding diaryl/α,β-unsaturated/α-hetero) is 3. The number of carbonyl (C=O) groups is 4. The quantitative estimate of drug-likeness (QED) is 0.704. The normalized spacial score (nSPS) is 10.7. The van der Waals surface area contributed by atoms with Gasteiger partial charge in [-0.15, -0.1) is 0 Å². The van der Waals surface area contributed by atoms with Crippen LogP contribution in [-0.4, -0.2) is 28.4 Å². The van der Waals surface area contributed by atoms with Gasteiger partial charge in [-0.25, -0.2) is 0 Å². The van der Waals surface area contributed by atoms with Crippen molar-refractivity contribution in [2.75, 3.05) is 0 Å². The van der Waals surface area contributed by atoms with Gasteiger partial charge in [-0.05, 0) is 27.7 Å². The summed E-state index contributed by atoms with van der Waals surface area (Å²) < 4.78 is 0. The molecule has 1 N–H and O–H groups in total. The Bertz CT molecular complexity index is 241. The van der Waals surface area contributed by atoms with Crippen molar-refractivity contribution >= 4 is 23.3 Å². The van der Waals surface area contributed by atoms with Crippen LogP contribution in [0.1, 0.15) is 34.1 Å². The fourth-order valence-electron chi connectivity index (χ4n) is 0.524. The van der Waals surface area contributed by atoms with Gasteiger partial charge >= 0.3 is 5.97 Å².